The van der Waals surface area contributed by atoms with Gasteiger partial charge in [-0.2, -0.15) is 0 Å². The number of hydrogen-bond donors (Lipinski definition) is 0. The Balaban J connectivity index is 2.27. The van der Waals surface area contributed by atoms with Gasteiger partial charge < -0.3 is 0 Å². The van der Waals surface area contributed by atoms with Gasteiger partial charge in [0.2, 0.25) is 0 Å². The molecule has 2 nitrogen and oxygen atoms in total. The average molecular weight is 275 g/mol. The molecule has 0 bridgehead atoms. The maximum Gasteiger partial charge on any atom is 0.142 e. The number of aromatic nitrogens is 2. The van der Waals surface area contributed by atoms with Gasteiger partial charge in [0.05, 0.1) is 5.39 Å². The van der Waals surface area contributed by atoms with Crippen LogP contribution in [0.1, 0.15) is 12.7 Å². The summed E-state index contributed by atoms with van der Waals surface area (Å²) < 4.78 is 0. The van der Waals surface area contributed by atoms with Gasteiger partial charge in [-0.05, 0) is 5.56 Å². The summed E-state index contributed by atoms with van der Waals surface area (Å²) in [5, 5.41) is 3.61. The lowest BCUT2D eigenvalue weighted by Crippen LogP contribution is -1.92. The van der Waals surface area contributed by atoms with Gasteiger partial charge in [0, 0.05) is 17.4 Å². The first-order valence-electron chi connectivity index (χ1n) is 5.78. The minimum Gasteiger partial charge on any atom is -0.222 e. The Kier molecular flexibility index (Phi) is 3.02. The Morgan fingerprint density at radius 1 is 1.17 bits per heavy atom. The lowest BCUT2D eigenvalue weighted by atomic mass is 10.1. The van der Waals surface area contributed by atoms with Crippen LogP contribution in [0.15, 0.2) is 35.7 Å². The largest absolute Gasteiger partial charge is 0.222 e. The number of aryl methyl sites for hydroxylation is 1. The van der Waals surface area contributed by atoms with Crippen LogP contribution in [0.4, 0.5) is 0 Å². The molecule has 2 aromatic heterocycles. The van der Waals surface area contributed by atoms with Crippen LogP contribution in [-0.4, -0.2) is 9.97 Å². The second-order valence-electron chi connectivity index (χ2n) is 3.98. The highest BCUT2D eigenvalue weighted by Crippen LogP contribution is 2.36. The van der Waals surface area contributed by atoms with Crippen LogP contribution in [-0.2, 0) is 6.42 Å². The molecule has 0 atom stereocenters. The zero-order chi connectivity index (χ0) is 12.5. The highest BCUT2D eigenvalue weighted by molar-refractivity contribution is 7.17. The number of thiophene rings is 1. The highest BCUT2D eigenvalue weighted by Gasteiger charge is 2.13. The molecule has 0 aliphatic carbocycles. The third kappa shape index (κ3) is 1.89. The van der Waals surface area contributed by atoms with Crippen molar-refractivity contribution in [2.24, 2.45) is 0 Å². The monoisotopic (exact) mass is 274 g/mol. The first-order valence-corrected chi connectivity index (χ1v) is 7.04. The summed E-state index contributed by atoms with van der Waals surface area (Å²) in [5.41, 5.74) is 2.27. The second kappa shape index (κ2) is 4.67. The number of halogens is 1. The Morgan fingerprint density at radius 2 is 1.94 bits per heavy atom. The van der Waals surface area contributed by atoms with E-state index in [-0.39, 0.29) is 0 Å². The second-order valence-corrected chi connectivity index (χ2v) is 5.20. The fourth-order valence-electron chi connectivity index (χ4n) is 1.93. The topological polar surface area (TPSA) is 25.8 Å². The van der Waals surface area contributed by atoms with E-state index in [4.69, 9.17) is 11.6 Å². The number of nitrogens with zero attached hydrogens (tertiary/aromatic N) is 2. The first kappa shape index (κ1) is 11.6. The molecule has 3 aromatic rings. The zero-order valence-electron chi connectivity index (χ0n) is 9.85. The molecule has 0 saturated heterocycles. The molecule has 18 heavy (non-hydrogen) atoms. The quantitative estimate of drug-likeness (QED) is 0.640. The van der Waals surface area contributed by atoms with Crippen molar-refractivity contribution in [2.75, 3.05) is 0 Å². The van der Waals surface area contributed by atoms with Crippen LogP contribution >= 0.6 is 22.9 Å². The Labute approximate surface area is 114 Å². The fraction of sp³-hybridized carbons (Fsp3) is 0.143. The van der Waals surface area contributed by atoms with Crippen molar-refractivity contribution in [3.05, 3.63) is 46.7 Å². The average Bonchev–Trinajstić information content (AvgIpc) is 2.84. The van der Waals surface area contributed by atoms with Gasteiger partial charge in [-0.25, -0.2) is 9.97 Å². The molecule has 0 fully saturated rings. The molecule has 0 radical (unpaired) electrons. The van der Waals surface area contributed by atoms with E-state index in [9.17, 15) is 0 Å². The smallest absolute Gasteiger partial charge is 0.142 e. The number of fused-ring (bicyclic) bond motifs is 1. The van der Waals surface area contributed by atoms with E-state index in [1.807, 2.05) is 25.1 Å². The normalized spacial score (nSPS) is 11.0. The molecule has 3 rings (SSSR count). The molecule has 0 spiro atoms. The van der Waals surface area contributed by atoms with Crippen molar-refractivity contribution in [1.82, 2.24) is 9.97 Å². The van der Waals surface area contributed by atoms with Gasteiger partial charge in [0.15, 0.2) is 0 Å². The molecule has 0 N–H and O–H groups in total. The van der Waals surface area contributed by atoms with Crippen LogP contribution in [0, 0.1) is 0 Å². The molecular weight excluding hydrogens is 264 g/mol. The van der Waals surface area contributed by atoms with Gasteiger partial charge in [-0.15, -0.1) is 11.3 Å². The van der Waals surface area contributed by atoms with Gasteiger partial charge >= 0.3 is 0 Å². The maximum atomic E-state index is 6.29. The number of rotatable bonds is 2. The van der Waals surface area contributed by atoms with Gasteiger partial charge in [-0.1, -0.05) is 48.9 Å². The Hall–Kier alpha value is -1.45. The summed E-state index contributed by atoms with van der Waals surface area (Å²) >= 11 is 7.91. The predicted octanol–water partition coefficient (Wildman–Crippen LogP) is 4.57. The molecule has 0 aliphatic rings. The molecule has 0 amide bonds. The van der Waals surface area contributed by atoms with Crippen LogP contribution in [0.5, 0.6) is 0 Å². The summed E-state index contributed by atoms with van der Waals surface area (Å²) in [6, 6.07) is 10.2. The van der Waals surface area contributed by atoms with Crippen LogP contribution < -0.4 is 0 Å². The van der Waals surface area contributed by atoms with E-state index in [0.29, 0.717) is 5.15 Å². The fourth-order valence-corrected chi connectivity index (χ4v) is 3.24. The van der Waals surface area contributed by atoms with Crippen molar-refractivity contribution in [3.63, 3.8) is 0 Å². The number of hydrogen-bond acceptors (Lipinski definition) is 3. The van der Waals surface area contributed by atoms with E-state index >= 15 is 0 Å². The van der Waals surface area contributed by atoms with E-state index < -0.39 is 0 Å². The molecule has 4 heteroatoms. The molecule has 0 saturated carbocycles. The third-order valence-corrected chi connectivity index (χ3v) is 3.98. The lowest BCUT2D eigenvalue weighted by molar-refractivity contribution is 0.965. The number of benzene rings is 1. The summed E-state index contributed by atoms with van der Waals surface area (Å²) in [6.45, 7) is 2.03. The highest BCUT2D eigenvalue weighted by atomic mass is 35.5. The summed E-state index contributed by atoms with van der Waals surface area (Å²) in [4.78, 5) is 9.83. The van der Waals surface area contributed by atoms with Crippen molar-refractivity contribution >= 4 is 33.2 Å². The molecule has 90 valence electrons. The van der Waals surface area contributed by atoms with Crippen molar-refractivity contribution in [3.8, 4) is 11.1 Å². The van der Waals surface area contributed by atoms with Crippen molar-refractivity contribution in [2.45, 2.75) is 13.3 Å². The van der Waals surface area contributed by atoms with Gasteiger partial charge in [-0.3, -0.25) is 0 Å². The van der Waals surface area contributed by atoms with Crippen LogP contribution in [0.2, 0.25) is 5.15 Å². The van der Waals surface area contributed by atoms with Crippen LogP contribution in [0.25, 0.3) is 21.3 Å². The SMILES string of the molecule is CCc1nc(Cl)c2c(-c3ccccc3)csc2n1. The predicted molar refractivity (Wildman–Crippen MR) is 77.2 cm³/mol. The minimum absolute atomic E-state index is 0.553. The standard InChI is InChI=1S/C14H11ClN2S/c1-2-11-16-13(15)12-10(8-18-14(12)17-11)9-6-4-3-5-7-9/h3-8H,2H2,1H3. The summed E-state index contributed by atoms with van der Waals surface area (Å²) in [6.07, 6.45) is 0.800. The minimum atomic E-state index is 0.553. The Bertz CT molecular complexity index is 692. The lowest BCUT2D eigenvalue weighted by Gasteiger charge is -2.02. The van der Waals surface area contributed by atoms with E-state index in [0.717, 1.165) is 33.6 Å². The summed E-state index contributed by atoms with van der Waals surface area (Å²) in [5.74, 6) is 0.800. The first-order chi connectivity index (χ1) is 8.79. The van der Waals surface area contributed by atoms with E-state index in [1.165, 1.54) is 0 Å². The summed E-state index contributed by atoms with van der Waals surface area (Å²) in [7, 11) is 0. The van der Waals surface area contributed by atoms with Crippen LogP contribution in [0.3, 0.4) is 0 Å². The van der Waals surface area contributed by atoms with Crippen molar-refractivity contribution in [1.29, 1.82) is 0 Å². The maximum absolute atomic E-state index is 6.29. The molecular formula is C14H11ClN2S. The van der Waals surface area contributed by atoms with E-state index in [1.54, 1.807) is 11.3 Å². The molecule has 0 aliphatic heterocycles. The molecule has 1 aromatic carbocycles. The molecule has 0 unspecified atom stereocenters. The molecule has 2 heterocycles. The third-order valence-electron chi connectivity index (χ3n) is 2.84. The van der Waals surface area contributed by atoms with Gasteiger partial charge in [0.1, 0.15) is 15.8 Å². The van der Waals surface area contributed by atoms with Gasteiger partial charge in [0.25, 0.3) is 0 Å². The van der Waals surface area contributed by atoms with Crippen molar-refractivity contribution < 1.29 is 0 Å². The zero-order valence-corrected chi connectivity index (χ0v) is 11.4. The van der Waals surface area contributed by atoms with E-state index in [2.05, 4.69) is 27.5 Å². The Morgan fingerprint density at radius 3 is 2.67 bits per heavy atom.